The van der Waals surface area contributed by atoms with Gasteiger partial charge in [-0.3, -0.25) is 4.79 Å². The van der Waals surface area contributed by atoms with Crippen LogP contribution in [-0.2, 0) is 19.0 Å². The van der Waals surface area contributed by atoms with Crippen LogP contribution in [0.3, 0.4) is 0 Å². The molecule has 0 radical (unpaired) electrons. The molecule has 7 heteroatoms. The third-order valence-corrected chi connectivity index (χ3v) is 7.45. The van der Waals surface area contributed by atoms with E-state index in [2.05, 4.69) is 52.8 Å². The molecule has 0 aliphatic carbocycles. The van der Waals surface area contributed by atoms with Crippen LogP contribution in [0.15, 0.2) is 53.8 Å². The maximum absolute atomic E-state index is 12.9. The molecule has 2 aliphatic rings. The molecule has 2 aromatic heterocycles. The van der Waals surface area contributed by atoms with Gasteiger partial charge in [-0.1, -0.05) is 25.1 Å². The molecule has 0 bridgehead atoms. The Kier molecular flexibility index (Phi) is 6.03. The fourth-order valence-corrected chi connectivity index (χ4v) is 5.32. The van der Waals surface area contributed by atoms with Gasteiger partial charge < -0.3 is 20.5 Å². The zero-order valence-corrected chi connectivity index (χ0v) is 20.6. The number of anilines is 2. The highest BCUT2D eigenvalue weighted by Crippen LogP contribution is 2.39. The zero-order chi connectivity index (χ0) is 24.6. The number of benzene rings is 1. The third kappa shape index (κ3) is 4.06. The highest BCUT2D eigenvalue weighted by atomic mass is 16.1. The molecule has 0 saturated carbocycles. The van der Waals surface area contributed by atoms with Crippen LogP contribution in [0.5, 0.6) is 0 Å². The quantitative estimate of drug-likeness (QED) is 0.453. The number of aromatic nitrogens is 2. The number of rotatable bonds is 6. The van der Waals surface area contributed by atoms with Crippen molar-refractivity contribution in [2.45, 2.75) is 38.6 Å². The van der Waals surface area contributed by atoms with E-state index in [0.29, 0.717) is 12.1 Å². The van der Waals surface area contributed by atoms with E-state index >= 15 is 0 Å². The van der Waals surface area contributed by atoms with E-state index in [1.165, 1.54) is 5.56 Å². The SMILES string of the molecule is C=Nc1c(/C(=C\C)c2ccc(Nc3ccc(C4(C)CCNCC4)cn3)c3c2CNC3=O)ccn1C. The van der Waals surface area contributed by atoms with Crippen molar-refractivity contribution in [2.24, 2.45) is 12.0 Å². The first-order valence-corrected chi connectivity index (χ1v) is 12.1. The number of nitrogens with zero attached hydrogens (tertiary/aromatic N) is 3. The standard InChI is InChI=1S/C28H32N6O/c1-5-19(21-10-15-34(4)26(21)29-3)20-7-8-23(25-22(20)17-32-27(25)35)33-24-9-6-18(16-31-24)28(2)11-13-30-14-12-28/h5-10,15-16,30H,3,11-14,17H2,1-2,4H3,(H,31,33)(H,32,35)/b19-5-. The molecule has 1 fully saturated rings. The van der Waals surface area contributed by atoms with Crippen LogP contribution < -0.4 is 16.0 Å². The Morgan fingerprint density at radius 2 is 2.00 bits per heavy atom. The summed E-state index contributed by atoms with van der Waals surface area (Å²) in [5.41, 5.74) is 6.87. The number of allylic oxidation sites excluding steroid dienone is 1. The Morgan fingerprint density at radius 1 is 1.20 bits per heavy atom. The molecule has 3 aromatic rings. The molecular formula is C28H32N6O. The lowest BCUT2D eigenvalue weighted by Gasteiger charge is -2.34. The Morgan fingerprint density at radius 3 is 2.69 bits per heavy atom. The summed E-state index contributed by atoms with van der Waals surface area (Å²) >= 11 is 0. The lowest BCUT2D eigenvalue weighted by atomic mass is 9.76. The van der Waals surface area contributed by atoms with Crippen molar-refractivity contribution in [3.05, 3.63) is 76.6 Å². The molecular weight excluding hydrogens is 436 g/mol. The topological polar surface area (TPSA) is 83.3 Å². The lowest BCUT2D eigenvalue weighted by molar-refractivity contribution is 0.0966. The van der Waals surface area contributed by atoms with E-state index in [1.807, 2.05) is 49.1 Å². The maximum Gasteiger partial charge on any atom is 0.254 e. The van der Waals surface area contributed by atoms with Gasteiger partial charge in [0, 0.05) is 31.5 Å². The van der Waals surface area contributed by atoms with E-state index in [4.69, 9.17) is 4.98 Å². The van der Waals surface area contributed by atoms with Gasteiger partial charge in [-0.25, -0.2) is 9.98 Å². The van der Waals surface area contributed by atoms with E-state index in [-0.39, 0.29) is 11.3 Å². The minimum atomic E-state index is -0.0752. The van der Waals surface area contributed by atoms with Crippen molar-refractivity contribution in [2.75, 3.05) is 18.4 Å². The number of carbonyl (C=O) groups is 1. The molecule has 2 aliphatic heterocycles. The molecule has 7 nitrogen and oxygen atoms in total. The number of fused-ring (bicyclic) bond motifs is 1. The van der Waals surface area contributed by atoms with Crippen LogP contribution in [0.4, 0.5) is 17.3 Å². The minimum absolute atomic E-state index is 0.0752. The highest BCUT2D eigenvalue weighted by Gasteiger charge is 2.30. The summed E-state index contributed by atoms with van der Waals surface area (Å²) < 4.78 is 1.95. The molecule has 0 unspecified atom stereocenters. The highest BCUT2D eigenvalue weighted by molar-refractivity contribution is 6.06. The molecule has 1 aromatic carbocycles. The van der Waals surface area contributed by atoms with Gasteiger partial charge in [-0.05, 0) is 85.4 Å². The predicted molar refractivity (Wildman–Crippen MR) is 142 cm³/mol. The average molecular weight is 469 g/mol. The number of aliphatic imine (C=N–C) groups is 1. The first-order chi connectivity index (χ1) is 16.9. The molecule has 180 valence electrons. The number of hydrogen-bond acceptors (Lipinski definition) is 5. The minimum Gasteiger partial charge on any atom is -0.348 e. The van der Waals surface area contributed by atoms with Crippen LogP contribution >= 0.6 is 0 Å². The molecule has 1 amide bonds. The number of piperidine rings is 1. The summed E-state index contributed by atoms with van der Waals surface area (Å²) in [5.74, 6) is 1.46. The monoisotopic (exact) mass is 468 g/mol. The van der Waals surface area contributed by atoms with Gasteiger partial charge in [0.2, 0.25) is 0 Å². The fraction of sp³-hybridized carbons (Fsp3) is 0.321. The van der Waals surface area contributed by atoms with E-state index < -0.39 is 0 Å². The normalized spacial score (nSPS) is 17.1. The summed E-state index contributed by atoms with van der Waals surface area (Å²) in [6.07, 6.45) is 8.22. The number of aryl methyl sites for hydroxylation is 1. The predicted octanol–water partition coefficient (Wildman–Crippen LogP) is 4.83. The molecule has 0 atom stereocenters. The first-order valence-electron chi connectivity index (χ1n) is 12.1. The van der Waals surface area contributed by atoms with Gasteiger partial charge in [0.15, 0.2) is 0 Å². The summed E-state index contributed by atoms with van der Waals surface area (Å²) in [6, 6.07) is 10.2. The lowest BCUT2D eigenvalue weighted by Crippen LogP contribution is -2.37. The van der Waals surface area contributed by atoms with E-state index in [0.717, 1.165) is 65.5 Å². The van der Waals surface area contributed by atoms with Gasteiger partial charge in [-0.15, -0.1) is 0 Å². The molecule has 5 rings (SSSR count). The van der Waals surface area contributed by atoms with Crippen LogP contribution in [-0.4, -0.2) is 35.3 Å². The van der Waals surface area contributed by atoms with Gasteiger partial charge in [0.1, 0.15) is 11.6 Å². The second-order valence-electron chi connectivity index (χ2n) is 9.59. The van der Waals surface area contributed by atoms with Crippen LogP contribution in [0, 0.1) is 0 Å². The van der Waals surface area contributed by atoms with Crippen molar-refractivity contribution in [1.29, 1.82) is 0 Å². The van der Waals surface area contributed by atoms with Crippen molar-refractivity contribution < 1.29 is 4.79 Å². The number of pyridine rings is 1. The van der Waals surface area contributed by atoms with E-state index in [9.17, 15) is 4.79 Å². The number of nitrogens with one attached hydrogen (secondary N) is 3. The summed E-state index contributed by atoms with van der Waals surface area (Å²) in [4.78, 5) is 21.8. The average Bonchev–Trinajstić information content (AvgIpc) is 3.44. The van der Waals surface area contributed by atoms with Crippen LogP contribution in [0.25, 0.3) is 5.57 Å². The van der Waals surface area contributed by atoms with Gasteiger partial charge in [0.05, 0.1) is 11.3 Å². The Balaban J connectivity index is 1.47. The van der Waals surface area contributed by atoms with E-state index in [1.54, 1.807) is 0 Å². The second-order valence-corrected chi connectivity index (χ2v) is 9.59. The van der Waals surface area contributed by atoms with Gasteiger partial charge in [-0.2, -0.15) is 0 Å². The molecule has 1 saturated heterocycles. The number of amides is 1. The molecule has 4 heterocycles. The molecule has 0 spiro atoms. The zero-order valence-electron chi connectivity index (χ0n) is 20.6. The first kappa shape index (κ1) is 23.1. The Labute approximate surface area is 206 Å². The van der Waals surface area contributed by atoms with Crippen molar-refractivity contribution in [1.82, 2.24) is 20.2 Å². The van der Waals surface area contributed by atoms with Crippen LogP contribution in [0.1, 0.15) is 59.3 Å². The van der Waals surface area contributed by atoms with Gasteiger partial charge >= 0.3 is 0 Å². The Hall–Kier alpha value is -3.71. The smallest absolute Gasteiger partial charge is 0.254 e. The summed E-state index contributed by atoms with van der Waals surface area (Å²) in [5, 5.41) is 9.82. The van der Waals surface area contributed by atoms with Crippen LogP contribution in [0.2, 0.25) is 0 Å². The number of hydrogen-bond donors (Lipinski definition) is 3. The second kappa shape index (κ2) is 9.15. The van der Waals surface area contributed by atoms with Gasteiger partial charge in [0.25, 0.3) is 5.91 Å². The fourth-order valence-electron chi connectivity index (χ4n) is 5.32. The number of carbonyl (C=O) groups excluding carboxylic acids is 1. The third-order valence-electron chi connectivity index (χ3n) is 7.45. The van der Waals surface area contributed by atoms with Crippen molar-refractivity contribution >= 4 is 35.5 Å². The Bertz CT molecular complexity index is 1310. The van der Waals surface area contributed by atoms with Crippen molar-refractivity contribution in [3.63, 3.8) is 0 Å². The molecule has 35 heavy (non-hydrogen) atoms. The largest absolute Gasteiger partial charge is 0.348 e. The molecule has 3 N–H and O–H groups in total. The summed E-state index contributed by atoms with van der Waals surface area (Å²) in [7, 11) is 1.95. The van der Waals surface area contributed by atoms with Crippen molar-refractivity contribution in [3.8, 4) is 0 Å². The summed E-state index contributed by atoms with van der Waals surface area (Å²) in [6.45, 7) is 10.6. The maximum atomic E-state index is 12.9.